The molecule has 0 saturated carbocycles. The molecule has 1 aliphatic heterocycles. The van der Waals surface area contributed by atoms with Gasteiger partial charge in [-0.25, -0.2) is 0 Å². The van der Waals surface area contributed by atoms with E-state index in [2.05, 4.69) is 19.9 Å². The van der Waals surface area contributed by atoms with Gasteiger partial charge in [-0.15, -0.1) is 10.2 Å². The van der Waals surface area contributed by atoms with Crippen molar-refractivity contribution in [3.8, 4) is 0 Å². The van der Waals surface area contributed by atoms with Crippen molar-refractivity contribution in [1.82, 2.24) is 15.5 Å². The number of rotatable bonds is 3. The van der Waals surface area contributed by atoms with Crippen LogP contribution in [0.2, 0.25) is 0 Å². The second-order valence-electron chi connectivity index (χ2n) is 4.18. The molecule has 1 fully saturated rings. The minimum atomic E-state index is -4.55. The Kier molecular flexibility index (Phi) is 3.66. The van der Waals surface area contributed by atoms with Crippen LogP contribution >= 0.6 is 0 Å². The monoisotopic (exact) mass is 249 g/mol. The quantitative estimate of drug-likeness (QED) is 0.891. The highest BCUT2D eigenvalue weighted by Crippen LogP contribution is 2.28. The Bertz CT molecular complexity index is 358. The van der Waals surface area contributed by atoms with Crippen LogP contribution in [0.25, 0.3) is 0 Å². The number of hydrogen-bond donors (Lipinski definition) is 1. The van der Waals surface area contributed by atoms with Gasteiger partial charge in [-0.2, -0.15) is 13.2 Å². The molecule has 4 nitrogen and oxygen atoms in total. The Hall–Kier alpha value is -1.11. The van der Waals surface area contributed by atoms with Gasteiger partial charge < -0.3 is 9.73 Å². The van der Waals surface area contributed by atoms with E-state index in [1.165, 1.54) is 0 Å². The molecule has 0 aromatic carbocycles. The van der Waals surface area contributed by atoms with Gasteiger partial charge in [0.05, 0.1) is 0 Å². The highest BCUT2D eigenvalue weighted by molar-refractivity contribution is 4.87. The number of hydrogen-bond acceptors (Lipinski definition) is 4. The van der Waals surface area contributed by atoms with E-state index >= 15 is 0 Å². The van der Waals surface area contributed by atoms with E-state index in [0.717, 1.165) is 32.2 Å². The van der Waals surface area contributed by atoms with Crippen molar-refractivity contribution < 1.29 is 17.6 Å². The summed E-state index contributed by atoms with van der Waals surface area (Å²) < 4.78 is 41.1. The summed E-state index contributed by atoms with van der Waals surface area (Å²) in [6.45, 7) is 0.975. The Balaban J connectivity index is 1.84. The minimum absolute atomic E-state index is 0.0599. The average molecular weight is 249 g/mol. The molecular weight excluding hydrogens is 235 g/mol. The van der Waals surface area contributed by atoms with E-state index in [9.17, 15) is 13.2 Å². The summed E-state index contributed by atoms with van der Waals surface area (Å²) >= 11 is 0. The molecule has 0 radical (unpaired) electrons. The molecule has 1 N–H and O–H groups in total. The maximum absolute atomic E-state index is 12.2. The van der Waals surface area contributed by atoms with E-state index in [1.54, 1.807) is 0 Å². The van der Waals surface area contributed by atoms with E-state index in [1.807, 2.05) is 0 Å². The first-order valence-corrected chi connectivity index (χ1v) is 5.68. The third kappa shape index (κ3) is 3.42. The fourth-order valence-corrected chi connectivity index (χ4v) is 1.94. The van der Waals surface area contributed by atoms with Crippen molar-refractivity contribution in [3.05, 3.63) is 11.8 Å². The number of aryl methyl sites for hydroxylation is 1. The molecule has 2 heterocycles. The highest BCUT2D eigenvalue weighted by atomic mass is 19.4. The summed E-state index contributed by atoms with van der Waals surface area (Å²) in [5, 5.41) is 9.71. The molecule has 2 rings (SSSR count). The van der Waals surface area contributed by atoms with Crippen molar-refractivity contribution in [1.29, 1.82) is 0 Å². The predicted molar refractivity (Wildman–Crippen MR) is 53.3 cm³/mol. The van der Waals surface area contributed by atoms with Crippen LogP contribution in [0, 0.1) is 0 Å². The molecule has 1 aromatic rings. The lowest BCUT2D eigenvalue weighted by molar-refractivity contribution is -0.157. The van der Waals surface area contributed by atoms with Gasteiger partial charge in [0.2, 0.25) is 5.89 Å². The number of alkyl halides is 3. The van der Waals surface area contributed by atoms with Crippen LogP contribution in [0.15, 0.2) is 4.42 Å². The second kappa shape index (κ2) is 5.03. The van der Waals surface area contributed by atoms with Crippen LogP contribution in [0.4, 0.5) is 13.2 Å². The Morgan fingerprint density at radius 3 is 2.71 bits per heavy atom. The molecule has 0 spiro atoms. The van der Waals surface area contributed by atoms with E-state index < -0.39 is 12.1 Å². The molecule has 1 aliphatic rings. The number of nitrogens with zero attached hydrogens (tertiary/aromatic N) is 2. The molecular formula is C10H14F3N3O. The van der Waals surface area contributed by atoms with Crippen molar-refractivity contribution in [3.63, 3.8) is 0 Å². The van der Waals surface area contributed by atoms with Gasteiger partial charge >= 0.3 is 12.1 Å². The van der Waals surface area contributed by atoms with Crippen LogP contribution in [-0.4, -0.2) is 22.8 Å². The summed E-state index contributed by atoms with van der Waals surface area (Å²) in [6, 6.07) is 0.352. The van der Waals surface area contributed by atoms with Crippen LogP contribution in [0.5, 0.6) is 0 Å². The van der Waals surface area contributed by atoms with E-state index in [0.29, 0.717) is 12.5 Å². The van der Waals surface area contributed by atoms with E-state index in [4.69, 9.17) is 0 Å². The SMILES string of the molecule is FC(F)(F)c1nnc(CCC2CCCCN2)o1. The molecule has 1 atom stereocenters. The van der Waals surface area contributed by atoms with Crippen molar-refractivity contribution in [2.45, 2.75) is 44.3 Å². The lowest BCUT2D eigenvalue weighted by Crippen LogP contribution is -2.34. The van der Waals surface area contributed by atoms with Crippen molar-refractivity contribution in [2.75, 3.05) is 6.54 Å². The summed E-state index contributed by atoms with van der Waals surface area (Å²) in [7, 11) is 0. The summed E-state index contributed by atoms with van der Waals surface area (Å²) in [4.78, 5) is 0. The fraction of sp³-hybridized carbons (Fsp3) is 0.800. The standard InChI is InChI=1S/C10H14F3N3O/c11-10(12,13)9-16-15-8(17-9)5-4-7-3-1-2-6-14-7/h7,14H,1-6H2. The number of piperidine rings is 1. The van der Waals surface area contributed by atoms with Crippen molar-refractivity contribution >= 4 is 0 Å². The number of nitrogens with one attached hydrogen (secondary N) is 1. The van der Waals surface area contributed by atoms with Gasteiger partial charge in [0.25, 0.3) is 0 Å². The third-order valence-corrected chi connectivity index (χ3v) is 2.83. The zero-order chi connectivity index (χ0) is 12.3. The van der Waals surface area contributed by atoms with Gasteiger partial charge in [0.1, 0.15) is 0 Å². The van der Waals surface area contributed by atoms with Crippen LogP contribution in [0.3, 0.4) is 0 Å². The largest absolute Gasteiger partial charge is 0.470 e. The Morgan fingerprint density at radius 2 is 2.12 bits per heavy atom. The van der Waals surface area contributed by atoms with Crippen molar-refractivity contribution in [2.24, 2.45) is 0 Å². The maximum Gasteiger partial charge on any atom is 0.470 e. The lowest BCUT2D eigenvalue weighted by Gasteiger charge is -2.22. The molecule has 96 valence electrons. The zero-order valence-corrected chi connectivity index (χ0v) is 9.26. The molecule has 0 aliphatic carbocycles. The minimum Gasteiger partial charge on any atom is -0.417 e. The molecule has 0 amide bonds. The first-order chi connectivity index (χ1) is 8.05. The third-order valence-electron chi connectivity index (χ3n) is 2.83. The molecule has 1 aromatic heterocycles. The number of aromatic nitrogens is 2. The first kappa shape index (κ1) is 12.3. The smallest absolute Gasteiger partial charge is 0.417 e. The van der Waals surface area contributed by atoms with E-state index in [-0.39, 0.29) is 5.89 Å². The average Bonchev–Trinajstić information content (AvgIpc) is 2.76. The van der Waals surface area contributed by atoms with Crippen LogP contribution < -0.4 is 5.32 Å². The second-order valence-corrected chi connectivity index (χ2v) is 4.18. The highest BCUT2D eigenvalue weighted by Gasteiger charge is 2.38. The molecule has 0 bridgehead atoms. The Morgan fingerprint density at radius 1 is 1.29 bits per heavy atom. The summed E-state index contributed by atoms with van der Waals surface area (Å²) in [6.07, 6.45) is -0.0422. The normalized spacial score (nSPS) is 21.7. The zero-order valence-electron chi connectivity index (χ0n) is 9.26. The molecule has 7 heteroatoms. The number of halogens is 3. The van der Waals surface area contributed by atoms with Crippen LogP contribution in [-0.2, 0) is 12.6 Å². The fourth-order valence-electron chi connectivity index (χ4n) is 1.94. The van der Waals surface area contributed by atoms with Gasteiger partial charge in [-0.05, 0) is 25.8 Å². The molecule has 1 unspecified atom stereocenters. The lowest BCUT2D eigenvalue weighted by atomic mass is 10.0. The van der Waals surface area contributed by atoms with Gasteiger partial charge in [-0.1, -0.05) is 6.42 Å². The van der Waals surface area contributed by atoms with Gasteiger partial charge in [-0.3, -0.25) is 0 Å². The topological polar surface area (TPSA) is 51.0 Å². The van der Waals surface area contributed by atoms with Gasteiger partial charge in [0, 0.05) is 12.5 Å². The molecule has 17 heavy (non-hydrogen) atoms. The predicted octanol–water partition coefficient (Wildman–Crippen LogP) is 2.16. The Labute approximate surface area is 96.6 Å². The maximum atomic E-state index is 12.2. The van der Waals surface area contributed by atoms with Gasteiger partial charge in [0.15, 0.2) is 0 Å². The summed E-state index contributed by atoms with van der Waals surface area (Å²) in [5.74, 6) is -1.20. The molecule has 1 saturated heterocycles. The summed E-state index contributed by atoms with van der Waals surface area (Å²) in [5.41, 5.74) is 0. The first-order valence-electron chi connectivity index (χ1n) is 5.68. The van der Waals surface area contributed by atoms with Crippen LogP contribution in [0.1, 0.15) is 37.5 Å².